The summed E-state index contributed by atoms with van der Waals surface area (Å²) in [6.07, 6.45) is 0. The van der Waals surface area contributed by atoms with Gasteiger partial charge in [0.1, 0.15) is 11.3 Å². The van der Waals surface area contributed by atoms with Gasteiger partial charge in [0.2, 0.25) is 0 Å². The van der Waals surface area contributed by atoms with Gasteiger partial charge in [-0.3, -0.25) is 10.1 Å². The molecule has 0 radical (unpaired) electrons. The molecule has 2 aromatic heterocycles. The molecule has 0 saturated carbocycles. The number of nitrogens with one attached hydrogen (secondary N) is 1. The fourth-order valence-electron chi connectivity index (χ4n) is 2.39. The van der Waals surface area contributed by atoms with E-state index in [1.54, 1.807) is 30.3 Å². The molecule has 7 heteroatoms. The molecule has 0 bridgehead atoms. The molecule has 7 nitrogen and oxygen atoms in total. The Morgan fingerprint density at radius 1 is 1.04 bits per heavy atom. The van der Waals surface area contributed by atoms with Gasteiger partial charge in [-0.2, -0.15) is 0 Å². The van der Waals surface area contributed by atoms with E-state index < -0.39 is 0 Å². The Labute approximate surface area is 142 Å². The Balaban J connectivity index is 1.55. The van der Waals surface area contributed by atoms with Gasteiger partial charge in [0.15, 0.2) is 5.76 Å². The highest BCUT2D eigenvalue weighted by atomic mass is 16.5. The quantitative estimate of drug-likeness (QED) is 0.611. The SMILES string of the molecule is COc1cccc(C(=O)Nc2nnc(-c3cc4ccccc4o3)o2)c1. The van der Waals surface area contributed by atoms with E-state index in [2.05, 4.69) is 15.5 Å². The van der Waals surface area contributed by atoms with E-state index >= 15 is 0 Å². The lowest BCUT2D eigenvalue weighted by molar-refractivity contribution is 0.102. The van der Waals surface area contributed by atoms with Gasteiger partial charge in [0, 0.05) is 10.9 Å². The number of rotatable bonds is 4. The molecular formula is C18H13N3O4. The van der Waals surface area contributed by atoms with Crippen LogP contribution in [-0.2, 0) is 0 Å². The molecule has 0 unspecified atom stereocenters. The number of para-hydroxylation sites is 1. The summed E-state index contributed by atoms with van der Waals surface area (Å²) < 4.78 is 16.2. The van der Waals surface area contributed by atoms with Gasteiger partial charge in [0.25, 0.3) is 11.8 Å². The van der Waals surface area contributed by atoms with Crippen LogP contribution >= 0.6 is 0 Å². The lowest BCUT2D eigenvalue weighted by Gasteiger charge is -2.03. The van der Waals surface area contributed by atoms with Crippen LogP contribution < -0.4 is 10.1 Å². The summed E-state index contributed by atoms with van der Waals surface area (Å²) in [4.78, 5) is 12.3. The highest BCUT2D eigenvalue weighted by Crippen LogP contribution is 2.27. The van der Waals surface area contributed by atoms with Crippen molar-refractivity contribution in [2.75, 3.05) is 12.4 Å². The highest BCUT2D eigenvalue weighted by Gasteiger charge is 2.16. The van der Waals surface area contributed by atoms with E-state index in [1.807, 2.05) is 24.3 Å². The van der Waals surface area contributed by atoms with Gasteiger partial charge in [-0.05, 0) is 30.3 Å². The number of anilines is 1. The Morgan fingerprint density at radius 2 is 1.92 bits per heavy atom. The van der Waals surface area contributed by atoms with E-state index in [0.717, 1.165) is 11.0 Å². The van der Waals surface area contributed by atoms with Crippen molar-refractivity contribution in [3.8, 4) is 17.4 Å². The summed E-state index contributed by atoms with van der Waals surface area (Å²) >= 11 is 0. The number of hydrogen-bond donors (Lipinski definition) is 1. The second-order valence-corrected chi connectivity index (χ2v) is 5.25. The number of methoxy groups -OCH3 is 1. The number of amides is 1. The number of carbonyl (C=O) groups excluding carboxylic acids is 1. The Bertz CT molecular complexity index is 1020. The van der Waals surface area contributed by atoms with E-state index in [9.17, 15) is 4.79 Å². The van der Waals surface area contributed by atoms with Gasteiger partial charge in [-0.25, -0.2) is 0 Å². The Morgan fingerprint density at radius 3 is 2.76 bits per heavy atom. The average Bonchev–Trinajstić information content (AvgIpc) is 3.28. The first kappa shape index (κ1) is 14.9. The second kappa shape index (κ2) is 6.12. The lowest BCUT2D eigenvalue weighted by Crippen LogP contribution is -2.12. The standard InChI is InChI=1S/C18H13N3O4/c1-23-13-7-4-6-12(9-13)16(22)19-18-21-20-17(25-18)15-10-11-5-2-3-8-14(11)24-15/h2-10H,1H3,(H,19,21,22). The maximum Gasteiger partial charge on any atom is 0.322 e. The summed E-state index contributed by atoms with van der Waals surface area (Å²) in [5, 5.41) is 11.2. The molecule has 0 aliphatic carbocycles. The number of carbonyl (C=O) groups is 1. The van der Waals surface area contributed by atoms with Crippen LogP contribution in [-0.4, -0.2) is 23.2 Å². The molecule has 1 amide bonds. The fourth-order valence-corrected chi connectivity index (χ4v) is 2.39. The number of hydrogen-bond acceptors (Lipinski definition) is 6. The number of nitrogens with zero attached hydrogens (tertiary/aromatic N) is 2. The first-order chi connectivity index (χ1) is 12.2. The predicted molar refractivity (Wildman–Crippen MR) is 90.5 cm³/mol. The van der Waals surface area contributed by atoms with Crippen LogP contribution in [0.4, 0.5) is 6.01 Å². The van der Waals surface area contributed by atoms with Gasteiger partial charge >= 0.3 is 6.01 Å². The van der Waals surface area contributed by atoms with Crippen LogP contribution in [0.3, 0.4) is 0 Å². The summed E-state index contributed by atoms with van der Waals surface area (Å²) in [7, 11) is 1.54. The van der Waals surface area contributed by atoms with E-state index in [1.165, 1.54) is 7.11 Å². The molecule has 2 aromatic carbocycles. The van der Waals surface area contributed by atoms with Crippen molar-refractivity contribution in [1.29, 1.82) is 0 Å². The van der Waals surface area contributed by atoms with Crippen molar-refractivity contribution in [2.24, 2.45) is 0 Å². The molecule has 2 heterocycles. The predicted octanol–water partition coefficient (Wildman–Crippen LogP) is 3.74. The molecule has 0 fully saturated rings. The van der Waals surface area contributed by atoms with Crippen LogP contribution in [0, 0.1) is 0 Å². The van der Waals surface area contributed by atoms with E-state index in [0.29, 0.717) is 17.1 Å². The van der Waals surface area contributed by atoms with Crippen molar-refractivity contribution < 1.29 is 18.4 Å². The van der Waals surface area contributed by atoms with Crippen molar-refractivity contribution in [3.63, 3.8) is 0 Å². The minimum atomic E-state index is -0.376. The zero-order valence-electron chi connectivity index (χ0n) is 13.2. The van der Waals surface area contributed by atoms with Crippen molar-refractivity contribution in [1.82, 2.24) is 10.2 Å². The van der Waals surface area contributed by atoms with Gasteiger partial charge in [-0.1, -0.05) is 29.4 Å². The summed E-state index contributed by atoms with van der Waals surface area (Å²) in [5.74, 6) is 0.840. The number of aromatic nitrogens is 2. The smallest absolute Gasteiger partial charge is 0.322 e. The molecule has 0 spiro atoms. The third kappa shape index (κ3) is 2.94. The minimum absolute atomic E-state index is 0.0109. The minimum Gasteiger partial charge on any atom is -0.497 e. The molecule has 0 aliphatic rings. The maximum absolute atomic E-state index is 12.3. The van der Waals surface area contributed by atoms with Crippen LogP contribution in [0.25, 0.3) is 22.6 Å². The molecule has 25 heavy (non-hydrogen) atoms. The molecule has 0 aliphatic heterocycles. The van der Waals surface area contributed by atoms with Crippen LogP contribution in [0.15, 0.2) is 63.4 Å². The van der Waals surface area contributed by atoms with Crippen LogP contribution in [0.1, 0.15) is 10.4 Å². The first-order valence-electron chi connectivity index (χ1n) is 7.51. The molecule has 4 aromatic rings. The fraction of sp³-hybridized carbons (Fsp3) is 0.0556. The van der Waals surface area contributed by atoms with E-state index in [4.69, 9.17) is 13.6 Å². The zero-order valence-corrected chi connectivity index (χ0v) is 13.2. The normalized spacial score (nSPS) is 10.8. The highest BCUT2D eigenvalue weighted by molar-refractivity contribution is 6.03. The number of benzene rings is 2. The molecule has 0 atom stereocenters. The van der Waals surface area contributed by atoms with Gasteiger partial charge in [-0.15, -0.1) is 5.10 Å². The lowest BCUT2D eigenvalue weighted by atomic mass is 10.2. The van der Waals surface area contributed by atoms with Crippen LogP contribution in [0.2, 0.25) is 0 Å². The summed E-state index contributed by atoms with van der Waals surface area (Å²) in [6.45, 7) is 0. The third-order valence-electron chi connectivity index (χ3n) is 3.61. The topological polar surface area (TPSA) is 90.4 Å². The number of fused-ring (bicyclic) bond motifs is 1. The van der Waals surface area contributed by atoms with Crippen molar-refractivity contribution in [2.45, 2.75) is 0 Å². The maximum atomic E-state index is 12.3. The zero-order chi connectivity index (χ0) is 17.2. The average molecular weight is 335 g/mol. The Kier molecular flexibility index (Phi) is 3.66. The largest absolute Gasteiger partial charge is 0.497 e. The van der Waals surface area contributed by atoms with Crippen molar-refractivity contribution in [3.05, 3.63) is 60.2 Å². The number of furan rings is 1. The van der Waals surface area contributed by atoms with E-state index in [-0.39, 0.29) is 17.8 Å². The van der Waals surface area contributed by atoms with Crippen molar-refractivity contribution >= 4 is 22.9 Å². The molecular weight excluding hydrogens is 322 g/mol. The summed E-state index contributed by atoms with van der Waals surface area (Å²) in [5.41, 5.74) is 1.14. The first-order valence-corrected chi connectivity index (χ1v) is 7.51. The molecule has 1 N–H and O–H groups in total. The molecule has 4 rings (SSSR count). The number of ether oxygens (including phenoxy) is 1. The monoisotopic (exact) mass is 335 g/mol. The Hall–Kier alpha value is -3.61. The summed E-state index contributed by atoms with van der Waals surface area (Å²) in [6, 6.07) is 16.1. The van der Waals surface area contributed by atoms with Gasteiger partial charge < -0.3 is 13.6 Å². The second-order valence-electron chi connectivity index (χ2n) is 5.25. The third-order valence-corrected chi connectivity index (χ3v) is 3.61. The molecule has 124 valence electrons. The van der Waals surface area contributed by atoms with Gasteiger partial charge in [0.05, 0.1) is 7.11 Å². The molecule has 0 saturated heterocycles. The van der Waals surface area contributed by atoms with Crippen LogP contribution in [0.5, 0.6) is 5.75 Å².